The first-order valence-corrected chi connectivity index (χ1v) is 30.4. The van der Waals surface area contributed by atoms with Gasteiger partial charge in [-0.15, -0.1) is 0 Å². The zero-order chi connectivity index (χ0) is 48.1. The largest absolute Gasteiger partial charge is 0.394 e. The van der Waals surface area contributed by atoms with Crippen LogP contribution in [0.3, 0.4) is 0 Å². The van der Waals surface area contributed by atoms with Gasteiger partial charge in [0.15, 0.2) is 0 Å². The van der Waals surface area contributed by atoms with Crippen LogP contribution in [-0.4, -0.2) is 57.3 Å². The number of unbranched alkanes of at least 4 members (excludes halogenated alkanes) is 48. The fourth-order valence-corrected chi connectivity index (χ4v) is 10.1. The van der Waals surface area contributed by atoms with Gasteiger partial charge in [0.2, 0.25) is 5.91 Å². The summed E-state index contributed by atoms with van der Waals surface area (Å²) in [6, 6.07) is -0.981. The summed E-state index contributed by atoms with van der Waals surface area (Å²) in [5.41, 5.74) is 0. The van der Waals surface area contributed by atoms with Crippen LogP contribution in [0.4, 0.5) is 0 Å². The molecule has 5 N–H and O–H groups in total. The van der Waals surface area contributed by atoms with E-state index in [1.54, 1.807) is 0 Å². The number of carbonyl (C=O) groups excluding carboxylic acids is 1. The van der Waals surface area contributed by atoms with Crippen molar-refractivity contribution in [3.05, 3.63) is 0 Å². The monoisotopic (exact) mass is 936 g/mol. The lowest BCUT2D eigenvalue weighted by molar-refractivity contribution is -0.132. The van der Waals surface area contributed by atoms with Crippen molar-refractivity contribution in [1.29, 1.82) is 0 Å². The molecule has 0 bridgehead atoms. The SMILES string of the molecule is CCCCCCCCCCCCCCCCCCCCCCCCCCCCCCCC(O)C(O)C(CO)NC(=O)C(O)CCCCCCCCCCCCCCCCCCCCCCC. The first-order valence-electron chi connectivity index (χ1n) is 30.4. The number of aliphatic hydroxyl groups excluding tert-OH is 4. The molecule has 1 amide bonds. The van der Waals surface area contributed by atoms with Crippen LogP contribution in [0.1, 0.15) is 348 Å². The maximum absolute atomic E-state index is 12.6. The van der Waals surface area contributed by atoms with Crippen LogP contribution in [0.2, 0.25) is 0 Å². The van der Waals surface area contributed by atoms with Crippen molar-refractivity contribution in [2.75, 3.05) is 6.61 Å². The molecule has 396 valence electrons. The van der Waals surface area contributed by atoms with Crippen LogP contribution < -0.4 is 5.32 Å². The average Bonchev–Trinajstić information content (AvgIpc) is 3.32. The molecule has 6 nitrogen and oxygen atoms in total. The Morgan fingerprint density at radius 2 is 0.515 bits per heavy atom. The molecular formula is C60H121NO5. The predicted molar refractivity (Wildman–Crippen MR) is 288 cm³/mol. The highest BCUT2D eigenvalue weighted by molar-refractivity contribution is 5.80. The molecule has 4 unspecified atom stereocenters. The smallest absolute Gasteiger partial charge is 0.249 e. The van der Waals surface area contributed by atoms with Gasteiger partial charge in [0.1, 0.15) is 12.2 Å². The molecule has 6 heteroatoms. The van der Waals surface area contributed by atoms with Crippen LogP contribution in [-0.2, 0) is 4.79 Å². The highest BCUT2D eigenvalue weighted by atomic mass is 16.3. The number of carbonyl (C=O) groups is 1. The Balaban J connectivity index is 3.55. The molecule has 0 aliphatic rings. The van der Waals surface area contributed by atoms with Gasteiger partial charge < -0.3 is 25.7 Å². The lowest BCUT2D eigenvalue weighted by Gasteiger charge is -2.27. The van der Waals surface area contributed by atoms with E-state index in [0.29, 0.717) is 12.8 Å². The van der Waals surface area contributed by atoms with E-state index in [9.17, 15) is 25.2 Å². The average molecular weight is 937 g/mol. The van der Waals surface area contributed by atoms with Crippen molar-refractivity contribution in [3.8, 4) is 0 Å². The van der Waals surface area contributed by atoms with Crippen molar-refractivity contribution in [2.24, 2.45) is 0 Å². The van der Waals surface area contributed by atoms with Crippen molar-refractivity contribution in [1.82, 2.24) is 5.32 Å². The first-order chi connectivity index (χ1) is 32.5. The molecule has 0 aromatic heterocycles. The van der Waals surface area contributed by atoms with Crippen LogP contribution in [0, 0.1) is 0 Å². The van der Waals surface area contributed by atoms with E-state index < -0.39 is 36.9 Å². The molecule has 66 heavy (non-hydrogen) atoms. The Bertz CT molecular complexity index is 917. The Morgan fingerprint density at radius 1 is 0.318 bits per heavy atom. The highest BCUT2D eigenvalue weighted by Crippen LogP contribution is 2.19. The number of rotatable bonds is 57. The Morgan fingerprint density at radius 3 is 0.727 bits per heavy atom. The van der Waals surface area contributed by atoms with Crippen LogP contribution >= 0.6 is 0 Å². The molecule has 4 atom stereocenters. The third kappa shape index (κ3) is 48.3. The summed E-state index contributed by atoms with van der Waals surface area (Å²) < 4.78 is 0. The Hall–Kier alpha value is -0.690. The van der Waals surface area contributed by atoms with Gasteiger partial charge in [-0.3, -0.25) is 4.79 Å². The summed E-state index contributed by atoms with van der Waals surface area (Å²) in [6.07, 6.45) is 64.7. The number of nitrogens with one attached hydrogen (secondary N) is 1. The van der Waals surface area contributed by atoms with Gasteiger partial charge in [-0.25, -0.2) is 0 Å². The molecule has 0 rings (SSSR count). The van der Waals surface area contributed by atoms with E-state index in [-0.39, 0.29) is 0 Å². The van der Waals surface area contributed by atoms with E-state index in [1.165, 1.54) is 283 Å². The Labute approximate surface area is 413 Å². The zero-order valence-electron chi connectivity index (χ0n) is 45.0. The van der Waals surface area contributed by atoms with Crippen molar-refractivity contribution < 1.29 is 25.2 Å². The summed E-state index contributed by atoms with van der Waals surface area (Å²) >= 11 is 0. The van der Waals surface area contributed by atoms with Crippen molar-refractivity contribution in [3.63, 3.8) is 0 Å². The van der Waals surface area contributed by atoms with Crippen LogP contribution in [0.15, 0.2) is 0 Å². The van der Waals surface area contributed by atoms with Crippen molar-refractivity contribution in [2.45, 2.75) is 372 Å². The Kier molecular flexibility index (Phi) is 54.7. The van der Waals surface area contributed by atoms with E-state index in [0.717, 1.165) is 38.5 Å². The van der Waals surface area contributed by atoms with Crippen LogP contribution in [0.25, 0.3) is 0 Å². The van der Waals surface area contributed by atoms with Gasteiger partial charge in [-0.2, -0.15) is 0 Å². The number of amides is 1. The van der Waals surface area contributed by atoms with E-state index in [4.69, 9.17) is 0 Å². The molecule has 0 spiro atoms. The summed E-state index contributed by atoms with van der Waals surface area (Å²) in [7, 11) is 0. The number of hydrogen-bond donors (Lipinski definition) is 5. The van der Waals surface area contributed by atoms with Crippen molar-refractivity contribution >= 4 is 5.91 Å². The molecule has 0 heterocycles. The standard InChI is InChI=1S/C60H121NO5/c1-3-5-7-9-11-13-15-17-19-21-23-25-26-27-28-29-30-31-32-34-35-37-39-41-43-45-47-49-51-53-57(63)59(65)56(55-62)61-60(66)58(64)54-52-50-48-46-44-42-40-38-36-33-24-22-20-18-16-14-12-10-8-6-4-2/h56-59,62-65H,3-55H2,1-2H3,(H,61,66). The van der Waals surface area contributed by atoms with Gasteiger partial charge in [-0.05, 0) is 12.8 Å². The second-order valence-corrected chi connectivity index (χ2v) is 21.4. The molecule has 0 saturated carbocycles. The first kappa shape index (κ1) is 65.3. The number of aliphatic hydroxyl groups is 4. The molecule has 0 radical (unpaired) electrons. The summed E-state index contributed by atoms with van der Waals surface area (Å²) in [5.74, 6) is -0.575. The quantitative estimate of drug-likeness (QED) is 0.0390. The maximum Gasteiger partial charge on any atom is 0.249 e. The van der Waals surface area contributed by atoms with Gasteiger partial charge in [0.05, 0.1) is 18.8 Å². The molecule has 0 fully saturated rings. The molecule has 0 aromatic carbocycles. The minimum Gasteiger partial charge on any atom is -0.394 e. The fraction of sp³-hybridized carbons (Fsp3) is 0.983. The fourth-order valence-electron chi connectivity index (χ4n) is 10.1. The maximum atomic E-state index is 12.6. The lowest BCUT2D eigenvalue weighted by Crippen LogP contribution is -2.53. The minimum atomic E-state index is -1.26. The third-order valence-corrected chi connectivity index (χ3v) is 14.8. The third-order valence-electron chi connectivity index (χ3n) is 14.8. The lowest BCUT2D eigenvalue weighted by atomic mass is 9.99. The van der Waals surface area contributed by atoms with Gasteiger partial charge in [0, 0.05) is 0 Å². The predicted octanol–water partition coefficient (Wildman–Crippen LogP) is 17.9. The minimum absolute atomic E-state index is 0.376. The molecule has 0 aliphatic heterocycles. The van der Waals surface area contributed by atoms with E-state index >= 15 is 0 Å². The van der Waals surface area contributed by atoms with Crippen LogP contribution in [0.5, 0.6) is 0 Å². The van der Waals surface area contributed by atoms with Gasteiger partial charge >= 0.3 is 0 Å². The summed E-state index contributed by atoms with van der Waals surface area (Å²) in [6.45, 7) is 4.11. The molecular weight excluding hydrogens is 815 g/mol. The summed E-state index contributed by atoms with van der Waals surface area (Å²) in [4.78, 5) is 12.6. The highest BCUT2D eigenvalue weighted by Gasteiger charge is 2.28. The van der Waals surface area contributed by atoms with E-state index in [1.807, 2.05) is 0 Å². The van der Waals surface area contributed by atoms with Gasteiger partial charge in [-0.1, -0.05) is 335 Å². The van der Waals surface area contributed by atoms with Gasteiger partial charge in [0.25, 0.3) is 0 Å². The molecule has 0 aromatic rings. The van der Waals surface area contributed by atoms with E-state index in [2.05, 4.69) is 19.2 Å². The normalized spacial score (nSPS) is 13.6. The zero-order valence-corrected chi connectivity index (χ0v) is 45.0. The topological polar surface area (TPSA) is 110 Å². The second-order valence-electron chi connectivity index (χ2n) is 21.4. The number of hydrogen-bond acceptors (Lipinski definition) is 5. The molecule has 0 aliphatic carbocycles. The molecule has 0 saturated heterocycles. The summed E-state index contributed by atoms with van der Waals surface area (Å²) in [5, 5.41) is 44.1. The second kappa shape index (κ2) is 55.2.